The minimum Gasteiger partial charge on any atom is -0.326 e. The van der Waals surface area contributed by atoms with E-state index >= 15 is 0 Å². The van der Waals surface area contributed by atoms with Gasteiger partial charge in [0.25, 0.3) is 0 Å². The Labute approximate surface area is 145 Å². The number of hydrogen-bond donors (Lipinski definition) is 0. The molecule has 0 unspecified atom stereocenters. The van der Waals surface area contributed by atoms with E-state index in [-0.39, 0.29) is 5.82 Å². The molecule has 2 heterocycles. The van der Waals surface area contributed by atoms with E-state index in [1.165, 1.54) is 12.1 Å². The molecule has 0 aliphatic heterocycles. The fraction of sp³-hybridized carbons (Fsp3) is 0.200. The van der Waals surface area contributed by atoms with Gasteiger partial charge in [0.05, 0.1) is 17.6 Å². The SMILES string of the molecule is CCCn1c(Cn2ccnc2-c2cccc(F)c2)nc2ccccc21. The predicted octanol–water partition coefficient (Wildman–Crippen LogP) is 4.50. The fourth-order valence-electron chi connectivity index (χ4n) is 3.20. The van der Waals surface area contributed by atoms with E-state index < -0.39 is 0 Å². The highest BCUT2D eigenvalue weighted by Gasteiger charge is 2.13. The maximum atomic E-state index is 13.6. The lowest BCUT2D eigenvalue weighted by molar-refractivity contribution is 0.623. The minimum atomic E-state index is -0.259. The molecule has 0 aliphatic rings. The summed E-state index contributed by atoms with van der Waals surface area (Å²) in [4.78, 5) is 9.21. The van der Waals surface area contributed by atoms with Gasteiger partial charge in [-0.15, -0.1) is 0 Å². The quantitative estimate of drug-likeness (QED) is 0.539. The largest absolute Gasteiger partial charge is 0.326 e. The van der Waals surface area contributed by atoms with Gasteiger partial charge in [-0.1, -0.05) is 31.2 Å². The molecule has 2 aromatic carbocycles. The Morgan fingerprint density at radius 3 is 2.80 bits per heavy atom. The van der Waals surface area contributed by atoms with Gasteiger partial charge in [-0.05, 0) is 30.7 Å². The Bertz CT molecular complexity index is 1020. The monoisotopic (exact) mass is 334 g/mol. The molecule has 0 saturated heterocycles. The van der Waals surface area contributed by atoms with Crippen LogP contribution in [0.25, 0.3) is 22.4 Å². The average molecular weight is 334 g/mol. The number of rotatable bonds is 5. The van der Waals surface area contributed by atoms with Crippen molar-refractivity contribution in [2.45, 2.75) is 26.4 Å². The molecule has 0 saturated carbocycles. The zero-order valence-electron chi connectivity index (χ0n) is 14.1. The van der Waals surface area contributed by atoms with Crippen molar-refractivity contribution >= 4 is 11.0 Å². The first-order valence-electron chi connectivity index (χ1n) is 8.47. The number of fused-ring (bicyclic) bond motifs is 1. The van der Waals surface area contributed by atoms with E-state index in [4.69, 9.17) is 4.98 Å². The normalized spacial score (nSPS) is 11.3. The lowest BCUT2D eigenvalue weighted by Gasteiger charge is -2.11. The molecular weight excluding hydrogens is 315 g/mol. The third-order valence-electron chi connectivity index (χ3n) is 4.29. The maximum absolute atomic E-state index is 13.6. The van der Waals surface area contributed by atoms with Crippen molar-refractivity contribution in [2.24, 2.45) is 0 Å². The lowest BCUT2D eigenvalue weighted by Crippen LogP contribution is -2.09. The highest BCUT2D eigenvalue weighted by molar-refractivity contribution is 5.75. The standard InChI is InChI=1S/C20H19FN4/c1-2-11-25-18-9-4-3-8-17(18)23-19(25)14-24-12-10-22-20(24)15-6-5-7-16(21)13-15/h3-10,12-13H,2,11,14H2,1H3. The molecule has 25 heavy (non-hydrogen) atoms. The van der Waals surface area contributed by atoms with E-state index in [2.05, 4.69) is 22.5 Å². The van der Waals surface area contributed by atoms with Crippen molar-refractivity contribution in [3.8, 4) is 11.4 Å². The fourth-order valence-corrected chi connectivity index (χ4v) is 3.20. The molecule has 5 heteroatoms. The first-order chi connectivity index (χ1) is 12.3. The number of para-hydroxylation sites is 2. The van der Waals surface area contributed by atoms with Gasteiger partial charge in [-0.2, -0.15) is 0 Å². The molecule has 4 aromatic rings. The Balaban J connectivity index is 1.76. The third-order valence-corrected chi connectivity index (χ3v) is 4.29. The van der Waals surface area contributed by atoms with E-state index in [0.717, 1.165) is 41.2 Å². The molecule has 0 amide bonds. The van der Waals surface area contributed by atoms with E-state index in [0.29, 0.717) is 6.54 Å². The van der Waals surface area contributed by atoms with Gasteiger partial charge in [-0.25, -0.2) is 14.4 Å². The Kier molecular flexibility index (Phi) is 4.06. The van der Waals surface area contributed by atoms with Crippen LogP contribution in [0.5, 0.6) is 0 Å². The molecule has 0 atom stereocenters. The highest BCUT2D eigenvalue weighted by Crippen LogP contribution is 2.22. The van der Waals surface area contributed by atoms with Crippen LogP contribution in [-0.4, -0.2) is 19.1 Å². The zero-order valence-corrected chi connectivity index (χ0v) is 14.1. The molecule has 4 nitrogen and oxygen atoms in total. The minimum absolute atomic E-state index is 0.259. The second-order valence-corrected chi connectivity index (χ2v) is 6.06. The number of nitrogens with zero attached hydrogens (tertiary/aromatic N) is 4. The lowest BCUT2D eigenvalue weighted by atomic mass is 10.2. The van der Waals surface area contributed by atoms with E-state index in [1.54, 1.807) is 12.3 Å². The summed E-state index contributed by atoms with van der Waals surface area (Å²) in [5, 5.41) is 0. The van der Waals surface area contributed by atoms with Crippen LogP contribution in [-0.2, 0) is 13.1 Å². The van der Waals surface area contributed by atoms with Gasteiger partial charge in [0.1, 0.15) is 17.5 Å². The second-order valence-electron chi connectivity index (χ2n) is 6.06. The van der Waals surface area contributed by atoms with Crippen molar-refractivity contribution in [3.63, 3.8) is 0 Å². The summed E-state index contributed by atoms with van der Waals surface area (Å²) in [5.74, 6) is 1.47. The molecular formula is C20H19FN4. The van der Waals surface area contributed by atoms with Gasteiger partial charge < -0.3 is 9.13 Å². The zero-order chi connectivity index (χ0) is 17.2. The van der Waals surface area contributed by atoms with Crippen LogP contribution in [0, 0.1) is 5.82 Å². The first-order valence-corrected chi connectivity index (χ1v) is 8.47. The van der Waals surface area contributed by atoms with Crippen LogP contribution >= 0.6 is 0 Å². The molecule has 0 fully saturated rings. The Hall–Kier alpha value is -2.95. The number of halogens is 1. The van der Waals surface area contributed by atoms with Gasteiger partial charge in [0, 0.05) is 24.5 Å². The summed E-state index contributed by atoms with van der Waals surface area (Å²) >= 11 is 0. The maximum Gasteiger partial charge on any atom is 0.140 e. The van der Waals surface area contributed by atoms with Crippen LogP contribution in [0.1, 0.15) is 19.2 Å². The van der Waals surface area contributed by atoms with Crippen molar-refractivity contribution in [2.75, 3.05) is 0 Å². The number of hydrogen-bond acceptors (Lipinski definition) is 2. The number of imidazole rings is 2. The van der Waals surface area contributed by atoms with Gasteiger partial charge in [0.15, 0.2) is 0 Å². The molecule has 126 valence electrons. The van der Waals surface area contributed by atoms with E-state index in [1.807, 2.05) is 35.0 Å². The summed E-state index contributed by atoms with van der Waals surface area (Å²) in [6.45, 7) is 3.67. The van der Waals surface area contributed by atoms with Crippen LogP contribution < -0.4 is 0 Å². The van der Waals surface area contributed by atoms with Crippen LogP contribution in [0.15, 0.2) is 60.9 Å². The van der Waals surface area contributed by atoms with Crippen LogP contribution in [0.4, 0.5) is 4.39 Å². The molecule has 0 N–H and O–H groups in total. The van der Waals surface area contributed by atoms with Crippen molar-refractivity contribution in [3.05, 3.63) is 72.6 Å². The summed E-state index contributed by atoms with van der Waals surface area (Å²) < 4.78 is 17.8. The topological polar surface area (TPSA) is 35.6 Å². The number of benzene rings is 2. The molecule has 0 radical (unpaired) electrons. The van der Waals surface area contributed by atoms with Gasteiger partial charge in [0.2, 0.25) is 0 Å². The highest BCUT2D eigenvalue weighted by atomic mass is 19.1. The molecule has 0 bridgehead atoms. The van der Waals surface area contributed by atoms with Crippen molar-refractivity contribution in [1.29, 1.82) is 0 Å². The Morgan fingerprint density at radius 2 is 1.96 bits per heavy atom. The third kappa shape index (κ3) is 2.93. The number of aryl methyl sites for hydroxylation is 1. The first kappa shape index (κ1) is 15.6. The smallest absolute Gasteiger partial charge is 0.140 e. The Morgan fingerprint density at radius 1 is 1.08 bits per heavy atom. The van der Waals surface area contributed by atoms with Crippen LogP contribution in [0.2, 0.25) is 0 Å². The summed E-state index contributed by atoms with van der Waals surface area (Å²) in [5.41, 5.74) is 2.91. The van der Waals surface area contributed by atoms with Crippen molar-refractivity contribution in [1.82, 2.24) is 19.1 Å². The summed E-state index contributed by atoms with van der Waals surface area (Å²) in [6.07, 6.45) is 4.69. The molecule has 0 aliphatic carbocycles. The summed E-state index contributed by atoms with van der Waals surface area (Å²) in [6, 6.07) is 14.7. The summed E-state index contributed by atoms with van der Waals surface area (Å²) in [7, 11) is 0. The van der Waals surface area contributed by atoms with Gasteiger partial charge in [-0.3, -0.25) is 0 Å². The number of aromatic nitrogens is 4. The van der Waals surface area contributed by atoms with Gasteiger partial charge >= 0.3 is 0 Å². The van der Waals surface area contributed by atoms with E-state index in [9.17, 15) is 4.39 Å². The van der Waals surface area contributed by atoms with Crippen molar-refractivity contribution < 1.29 is 4.39 Å². The average Bonchev–Trinajstić information content (AvgIpc) is 3.21. The molecule has 4 rings (SSSR count). The molecule has 0 spiro atoms. The predicted molar refractivity (Wildman–Crippen MR) is 96.7 cm³/mol. The second kappa shape index (κ2) is 6.51. The van der Waals surface area contributed by atoms with Crippen LogP contribution in [0.3, 0.4) is 0 Å². The molecule has 2 aromatic heterocycles.